The molecule has 0 amide bonds. The van der Waals surface area contributed by atoms with Crippen molar-refractivity contribution in [3.63, 3.8) is 0 Å². The molecule has 25 heavy (non-hydrogen) atoms. The second-order valence-electron chi connectivity index (χ2n) is 6.34. The second kappa shape index (κ2) is 7.27. The standard InChI is InChI=1S/C19H19BrN2O3/c1-12(2)11-25-18-6-4-16(20)8-15(18)10-22-17-5-3-13(19(23)24)7-14(17)9-21-22/h3-9,12H,10-11H2,1-2H3,(H,23,24). The van der Waals surface area contributed by atoms with E-state index < -0.39 is 5.97 Å². The molecule has 0 bridgehead atoms. The van der Waals surface area contributed by atoms with Crippen LogP contribution in [0.1, 0.15) is 29.8 Å². The van der Waals surface area contributed by atoms with E-state index in [9.17, 15) is 4.79 Å². The fourth-order valence-corrected chi connectivity index (χ4v) is 2.98. The third-order valence-electron chi connectivity index (χ3n) is 3.80. The van der Waals surface area contributed by atoms with Crippen molar-refractivity contribution in [1.29, 1.82) is 0 Å². The summed E-state index contributed by atoms with van der Waals surface area (Å²) in [6.07, 6.45) is 1.69. The zero-order valence-corrected chi connectivity index (χ0v) is 15.7. The van der Waals surface area contributed by atoms with Crippen LogP contribution in [0.25, 0.3) is 10.9 Å². The predicted octanol–water partition coefficient (Wildman–Crippen LogP) is 4.58. The summed E-state index contributed by atoms with van der Waals surface area (Å²) in [6.45, 7) is 5.42. The molecule has 0 saturated heterocycles. The molecule has 130 valence electrons. The number of benzene rings is 2. The number of rotatable bonds is 6. The normalized spacial score (nSPS) is 11.2. The number of carboxylic acids is 1. The summed E-state index contributed by atoms with van der Waals surface area (Å²) in [5, 5.41) is 14.3. The molecule has 0 aliphatic rings. The van der Waals surface area contributed by atoms with Crippen LogP contribution in [-0.2, 0) is 6.54 Å². The maximum absolute atomic E-state index is 11.1. The first-order valence-electron chi connectivity index (χ1n) is 8.04. The van der Waals surface area contributed by atoms with Gasteiger partial charge in [0.25, 0.3) is 0 Å². The van der Waals surface area contributed by atoms with E-state index in [0.29, 0.717) is 19.1 Å². The van der Waals surface area contributed by atoms with Gasteiger partial charge in [0.05, 0.1) is 30.4 Å². The largest absolute Gasteiger partial charge is 0.493 e. The summed E-state index contributed by atoms with van der Waals surface area (Å²) in [4.78, 5) is 11.1. The molecule has 3 rings (SSSR count). The van der Waals surface area contributed by atoms with E-state index in [0.717, 1.165) is 26.7 Å². The molecule has 0 unspecified atom stereocenters. The molecule has 1 aromatic heterocycles. The van der Waals surface area contributed by atoms with Crippen molar-refractivity contribution >= 4 is 32.8 Å². The summed E-state index contributed by atoms with van der Waals surface area (Å²) in [5.74, 6) is 0.338. The lowest BCUT2D eigenvalue weighted by Crippen LogP contribution is -2.08. The van der Waals surface area contributed by atoms with E-state index in [4.69, 9.17) is 9.84 Å². The van der Waals surface area contributed by atoms with Gasteiger partial charge in [-0.05, 0) is 42.3 Å². The molecule has 0 aliphatic heterocycles. The van der Waals surface area contributed by atoms with Crippen molar-refractivity contribution in [2.75, 3.05) is 6.61 Å². The molecule has 5 nitrogen and oxygen atoms in total. The minimum Gasteiger partial charge on any atom is -0.493 e. The molecule has 2 aromatic carbocycles. The summed E-state index contributed by atoms with van der Waals surface area (Å²) in [5.41, 5.74) is 2.16. The van der Waals surface area contributed by atoms with Gasteiger partial charge in [-0.1, -0.05) is 29.8 Å². The minimum atomic E-state index is -0.939. The van der Waals surface area contributed by atoms with Crippen LogP contribution in [0, 0.1) is 5.92 Å². The monoisotopic (exact) mass is 402 g/mol. The summed E-state index contributed by atoms with van der Waals surface area (Å²) in [7, 11) is 0. The average molecular weight is 403 g/mol. The van der Waals surface area contributed by atoms with Crippen molar-refractivity contribution in [2.45, 2.75) is 20.4 Å². The van der Waals surface area contributed by atoms with Crippen molar-refractivity contribution in [3.8, 4) is 5.75 Å². The molecular weight excluding hydrogens is 384 g/mol. The van der Waals surface area contributed by atoms with E-state index in [2.05, 4.69) is 34.9 Å². The lowest BCUT2D eigenvalue weighted by Gasteiger charge is -2.14. The zero-order chi connectivity index (χ0) is 18.0. The second-order valence-corrected chi connectivity index (χ2v) is 7.25. The third kappa shape index (κ3) is 4.02. The summed E-state index contributed by atoms with van der Waals surface area (Å²) < 4.78 is 8.75. The first kappa shape index (κ1) is 17.5. The Bertz CT molecular complexity index is 918. The van der Waals surface area contributed by atoms with Gasteiger partial charge in [-0.15, -0.1) is 0 Å². The highest BCUT2D eigenvalue weighted by Crippen LogP contribution is 2.26. The van der Waals surface area contributed by atoms with E-state index >= 15 is 0 Å². The Labute approximate surface area is 154 Å². The fourth-order valence-electron chi connectivity index (χ4n) is 2.58. The van der Waals surface area contributed by atoms with Gasteiger partial charge in [0.15, 0.2) is 0 Å². The predicted molar refractivity (Wildman–Crippen MR) is 100 cm³/mol. The van der Waals surface area contributed by atoms with Crippen LogP contribution < -0.4 is 4.74 Å². The Morgan fingerprint density at radius 3 is 2.80 bits per heavy atom. The van der Waals surface area contributed by atoms with Gasteiger partial charge < -0.3 is 9.84 Å². The SMILES string of the molecule is CC(C)COc1ccc(Br)cc1Cn1ncc2cc(C(=O)O)ccc21. The van der Waals surface area contributed by atoms with Gasteiger partial charge in [0.1, 0.15) is 5.75 Å². The maximum atomic E-state index is 11.1. The number of aromatic carboxylic acids is 1. The smallest absolute Gasteiger partial charge is 0.335 e. The lowest BCUT2D eigenvalue weighted by molar-refractivity contribution is 0.0697. The molecule has 0 aliphatic carbocycles. The third-order valence-corrected chi connectivity index (χ3v) is 4.30. The van der Waals surface area contributed by atoms with E-state index in [1.165, 1.54) is 0 Å². The Hall–Kier alpha value is -2.34. The Morgan fingerprint density at radius 2 is 2.08 bits per heavy atom. The number of hydrogen-bond acceptors (Lipinski definition) is 3. The van der Waals surface area contributed by atoms with Crippen molar-refractivity contribution in [3.05, 3.63) is 58.2 Å². The highest BCUT2D eigenvalue weighted by molar-refractivity contribution is 9.10. The number of nitrogens with zero attached hydrogens (tertiary/aromatic N) is 2. The van der Waals surface area contributed by atoms with E-state index in [1.807, 2.05) is 22.9 Å². The highest BCUT2D eigenvalue weighted by atomic mass is 79.9. The molecule has 0 radical (unpaired) electrons. The molecular formula is C19H19BrN2O3. The summed E-state index contributed by atoms with van der Waals surface area (Å²) >= 11 is 3.51. The molecule has 6 heteroatoms. The Morgan fingerprint density at radius 1 is 1.28 bits per heavy atom. The maximum Gasteiger partial charge on any atom is 0.335 e. The van der Waals surface area contributed by atoms with Gasteiger partial charge in [-0.2, -0.15) is 5.10 Å². The van der Waals surface area contributed by atoms with Gasteiger partial charge in [0, 0.05) is 15.4 Å². The van der Waals surface area contributed by atoms with Crippen molar-refractivity contribution in [1.82, 2.24) is 9.78 Å². The molecule has 0 spiro atoms. The van der Waals surface area contributed by atoms with Gasteiger partial charge in [-0.25, -0.2) is 4.79 Å². The Kier molecular flexibility index (Phi) is 5.08. The van der Waals surface area contributed by atoms with Crippen LogP contribution in [0.5, 0.6) is 5.75 Å². The van der Waals surface area contributed by atoms with Crippen LogP contribution in [0.3, 0.4) is 0 Å². The van der Waals surface area contributed by atoms with Gasteiger partial charge >= 0.3 is 5.97 Å². The van der Waals surface area contributed by atoms with E-state index in [-0.39, 0.29) is 5.56 Å². The first-order valence-corrected chi connectivity index (χ1v) is 8.83. The van der Waals surface area contributed by atoms with Crippen molar-refractivity contribution in [2.24, 2.45) is 5.92 Å². The van der Waals surface area contributed by atoms with Gasteiger partial charge in [-0.3, -0.25) is 4.68 Å². The number of carbonyl (C=O) groups is 1. The number of hydrogen-bond donors (Lipinski definition) is 1. The number of fused-ring (bicyclic) bond motifs is 1. The topological polar surface area (TPSA) is 64.4 Å². The summed E-state index contributed by atoms with van der Waals surface area (Å²) in [6, 6.07) is 11.0. The lowest BCUT2D eigenvalue weighted by atomic mass is 10.1. The number of ether oxygens (including phenoxy) is 1. The quantitative estimate of drug-likeness (QED) is 0.655. The van der Waals surface area contributed by atoms with Crippen molar-refractivity contribution < 1.29 is 14.6 Å². The van der Waals surface area contributed by atoms with Crippen LogP contribution in [0.4, 0.5) is 0 Å². The Balaban J connectivity index is 1.93. The molecule has 1 heterocycles. The van der Waals surface area contributed by atoms with Crippen LogP contribution in [0.2, 0.25) is 0 Å². The molecule has 0 atom stereocenters. The zero-order valence-electron chi connectivity index (χ0n) is 14.1. The average Bonchev–Trinajstić information content (AvgIpc) is 2.96. The van der Waals surface area contributed by atoms with Gasteiger partial charge in [0.2, 0.25) is 0 Å². The number of carboxylic acid groups (broad SMARTS) is 1. The number of aromatic nitrogens is 2. The first-order chi connectivity index (χ1) is 11.9. The van der Waals surface area contributed by atoms with E-state index in [1.54, 1.807) is 24.4 Å². The molecule has 0 saturated carbocycles. The fraction of sp³-hybridized carbons (Fsp3) is 0.263. The highest BCUT2D eigenvalue weighted by Gasteiger charge is 2.11. The van der Waals surface area contributed by atoms with Crippen LogP contribution in [-0.4, -0.2) is 27.5 Å². The number of halogens is 1. The van der Waals surface area contributed by atoms with Crippen LogP contribution >= 0.6 is 15.9 Å². The molecule has 1 N–H and O–H groups in total. The molecule has 3 aromatic rings. The molecule has 0 fully saturated rings. The minimum absolute atomic E-state index is 0.260. The van der Waals surface area contributed by atoms with Crippen LogP contribution in [0.15, 0.2) is 47.1 Å².